The molecule has 1 aliphatic heterocycles. The largest absolute Gasteiger partial charge is 0.436 e. The molecular weight excluding hydrogens is 562 g/mol. The zero-order valence-corrected chi connectivity index (χ0v) is 23.4. The molecule has 1 aliphatic rings. The standard InChI is InChI=1S/C29H26ClN7O3S/c30-22-9-3-4-10-26(22)41(38,39)37-23-11-12-25(21-8-2-1-7-20(21)23)40-28-27(32-16-17-33-28)24-13-15-34-29(36-24)35-19-6-5-14-31-18-19/h1-4,7-13,15-17,19,31,37H,5-6,14,18H2,(H,34,35,36)/t19-/m0/s1. The lowest BCUT2D eigenvalue weighted by Gasteiger charge is -2.23. The number of halogens is 1. The Morgan fingerprint density at radius 1 is 0.902 bits per heavy atom. The molecule has 0 bridgehead atoms. The van der Waals surface area contributed by atoms with Crippen molar-refractivity contribution in [2.45, 2.75) is 23.8 Å². The SMILES string of the molecule is O=S(=O)(Nc1ccc(Oc2nccnc2-c2ccnc(N[C@H]3CCCNC3)n2)c2ccccc12)c1ccccc1Cl. The van der Waals surface area contributed by atoms with Crippen LogP contribution in [-0.4, -0.2) is 47.5 Å². The number of anilines is 2. The van der Waals surface area contributed by atoms with Crippen LogP contribution < -0.4 is 20.1 Å². The van der Waals surface area contributed by atoms with Gasteiger partial charge in [-0.2, -0.15) is 0 Å². The molecule has 3 N–H and O–H groups in total. The number of nitrogens with one attached hydrogen (secondary N) is 3. The highest BCUT2D eigenvalue weighted by Gasteiger charge is 2.21. The number of piperidine rings is 1. The molecule has 6 rings (SSSR count). The van der Waals surface area contributed by atoms with E-state index in [-0.39, 0.29) is 21.8 Å². The molecule has 3 heterocycles. The van der Waals surface area contributed by atoms with Crippen LogP contribution in [0.3, 0.4) is 0 Å². The molecule has 10 nitrogen and oxygen atoms in total. The van der Waals surface area contributed by atoms with E-state index in [9.17, 15) is 8.42 Å². The van der Waals surface area contributed by atoms with Crippen LogP contribution >= 0.6 is 11.6 Å². The van der Waals surface area contributed by atoms with Crippen molar-refractivity contribution in [3.63, 3.8) is 0 Å². The van der Waals surface area contributed by atoms with Crippen LogP contribution in [0.5, 0.6) is 11.6 Å². The molecule has 0 radical (unpaired) electrons. The van der Waals surface area contributed by atoms with Crippen molar-refractivity contribution in [1.29, 1.82) is 0 Å². The van der Waals surface area contributed by atoms with Crippen LogP contribution in [0.25, 0.3) is 22.2 Å². The predicted octanol–water partition coefficient (Wildman–Crippen LogP) is 5.50. The number of fused-ring (bicyclic) bond motifs is 1. The van der Waals surface area contributed by atoms with Gasteiger partial charge in [-0.05, 0) is 49.7 Å². The third-order valence-corrected chi connectivity index (χ3v) is 8.52. The lowest BCUT2D eigenvalue weighted by molar-refractivity contribution is 0.467. The van der Waals surface area contributed by atoms with Gasteiger partial charge in [0.25, 0.3) is 10.0 Å². The van der Waals surface area contributed by atoms with Gasteiger partial charge in [-0.3, -0.25) is 4.72 Å². The van der Waals surface area contributed by atoms with Crippen molar-refractivity contribution >= 4 is 44.0 Å². The summed E-state index contributed by atoms with van der Waals surface area (Å²) in [6.45, 7) is 1.87. The summed E-state index contributed by atoms with van der Waals surface area (Å²) in [5, 5.41) is 8.22. The summed E-state index contributed by atoms with van der Waals surface area (Å²) in [7, 11) is -3.93. The average Bonchev–Trinajstić information content (AvgIpc) is 2.99. The van der Waals surface area contributed by atoms with Gasteiger partial charge in [-0.1, -0.05) is 48.0 Å². The molecule has 12 heteroatoms. The first-order chi connectivity index (χ1) is 20.0. The Morgan fingerprint density at radius 2 is 1.71 bits per heavy atom. The summed E-state index contributed by atoms with van der Waals surface area (Å²) >= 11 is 6.16. The van der Waals surface area contributed by atoms with Crippen molar-refractivity contribution in [2.24, 2.45) is 0 Å². The summed E-state index contributed by atoms with van der Waals surface area (Å²) in [5.41, 5.74) is 1.39. The number of hydrogen-bond donors (Lipinski definition) is 3. The molecule has 0 saturated carbocycles. The molecule has 41 heavy (non-hydrogen) atoms. The predicted molar refractivity (Wildman–Crippen MR) is 159 cm³/mol. The third kappa shape index (κ3) is 5.92. The van der Waals surface area contributed by atoms with Crippen molar-refractivity contribution in [1.82, 2.24) is 25.3 Å². The van der Waals surface area contributed by atoms with Crippen LogP contribution in [0.4, 0.5) is 11.6 Å². The normalized spacial score (nSPS) is 15.4. The summed E-state index contributed by atoms with van der Waals surface area (Å²) in [6, 6.07) is 19.0. The highest BCUT2D eigenvalue weighted by molar-refractivity contribution is 7.92. The van der Waals surface area contributed by atoms with Crippen LogP contribution in [-0.2, 0) is 10.0 Å². The molecular formula is C29H26ClN7O3S. The fourth-order valence-corrected chi connectivity index (χ4v) is 6.31. The van der Waals surface area contributed by atoms with Crippen LogP contribution in [0.1, 0.15) is 12.8 Å². The summed E-state index contributed by atoms with van der Waals surface area (Å²) in [6.07, 6.45) is 6.93. The smallest absolute Gasteiger partial charge is 0.263 e. The molecule has 1 saturated heterocycles. The molecule has 0 spiro atoms. The Labute approximate surface area is 242 Å². The lowest BCUT2D eigenvalue weighted by atomic mass is 10.1. The van der Waals surface area contributed by atoms with E-state index in [2.05, 4.69) is 35.3 Å². The molecule has 0 amide bonds. The van der Waals surface area contributed by atoms with E-state index in [1.165, 1.54) is 12.1 Å². The Balaban J connectivity index is 1.31. The first-order valence-corrected chi connectivity index (χ1v) is 14.9. The first-order valence-electron chi connectivity index (χ1n) is 13.1. The van der Waals surface area contributed by atoms with E-state index in [0.29, 0.717) is 39.5 Å². The van der Waals surface area contributed by atoms with Crippen LogP contribution in [0.15, 0.2) is 90.2 Å². The maximum atomic E-state index is 13.1. The number of aromatic nitrogens is 4. The monoisotopic (exact) mass is 587 g/mol. The summed E-state index contributed by atoms with van der Waals surface area (Å²) in [4.78, 5) is 18.0. The molecule has 0 aliphatic carbocycles. The third-order valence-electron chi connectivity index (χ3n) is 6.65. The number of nitrogens with zero attached hydrogens (tertiary/aromatic N) is 4. The molecule has 1 fully saturated rings. The zero-order chi connectivity index (χ0) is 28.2. The van der Waals surface area contributed by atoms with Gasteiger partial charge in [0.2, 0.25) is 11.8 Å². The maximum Gasteiger partial charge on any atom is 0.263 e. The van der Waals surface area contributed by atoms with Crippen LogP contribution in [0, 0.1) is 0 Å². The van der Waals surface area contributed by atoms with Gasteiger partial charge in [0.15, 0.2) is 5.69 Å². The van der Waals surface area contributed by atoms with E-state index in [1.54, 1.807) is 48.9 Å². The van der Waals surface area contributed by atoms with Crippen molar-refractivity contribution in [3.05, 3.63) is 90.3 Å². The highest BCUT2D eigenvalue weighted by atomic mass is 35.5. The Kier molecular flexibility index (Phi) is 7.64. The molecule has 5 aromatic rings. The maximum absolute atomic E-state index is 13.1. The van der Waals surface area contributed by atoms with Gasteiger partial charge in [0, 0.05) is 41.9 Å². The molecule has 2 aromatic heterocycles. The second-order valence-electron chi connectivity index (χ2n) is 9.46. The van der Waals surface area contributed by atoms with Crippen molar-refractivity contribution in [3.8, 4) is 23.0 Å². The first kappa shape index (κ1) is 26.9. The van der Waals surface area contributed by atoms with E-state index in [4.69, 9.17) is 16.3 Å². The van der Waals surface area contributed by atoms with E-state index < -0.39 is 10.0 Å². The van der Waals surface area contributed by atoms with Crippen molar-refractivity contribution in [2.75, 3.05) is 23.1 Å². The molecule has 3 aromatic carbocycles. The Morgan fingerprint density at radius 3 is 2.54 bits per heavy atom. The van der Waals surface area contributed by atoms with Crippen molar-refractivity contribution < 1.29 is 13.2 Å². The molecule has 1 atom stereocenters. The average molecular weight is 588 g/mol. The van der Waals surface area contributed by atoms with E-state index in [1.807, 2.05) is 24.3 Å². The van der Waals surface area contributed by atoms with E-state index in [0.717, 1.165) is 25.9 Å². The number of sulfonamides is 1. The zero-order valence-electron chi connectivity index (χ0n) is 21.8. The molecule has 0 unspecified atom stereocenters. The minimum atomic E-state index is -3.93. The van der Waals surface area contributed by atoms with Gasteiger partial charge >= 0.3 is 0 Å². The van der Waals surface area contributed by atoms with Crippen LogP contribution in [0.2, 0.25) is 5.02 Å². The highest BCUT2D eigenvalue weighted by Crippen LogP contribution is 2.37. The number of ether oxygens (including phenoxy) is 1. The fourth-order valence-electron chi connectivity index (χ4n) is 4.71. The second-order valence-corrected chi connectivity index (χ2v) is 11.5. The Bertz CT molecular complexity index is 1810. The van der Waals surface area contributed by atoms with Gasteiger partial charge < -0.3 is 15.4 Å². The summed E-state index contributed by atoms with van der Waals surface area (Å²) < 4.78 is 35.2. The second kappa shape index (κ2) is 11.7. The van der Waals surface area contributed by atoms with Gasteiger partial charge in [-0.15, -0.1) is 0 Å². The number of rotatable bonds is 8. The lowest BCUT2D eigenvalue weighted by Crippen LogP contribution is -2.38. The van der Waals surface area contributed by atoms with Gasteiger partial charge in [0.1, 0.15) is 10.6 Å². The van der Waals surface area contributed by atoms with E-state index >= 15 is 0 Å². The quantitative estimate of drug-likeness (QED) is 0.215. The topological polar surface area (TPSA) is 131 Å². The summed E-state index contributed by atoms with van der Waals surface area (Å²) in [5.74, 6) is 1.24. The minimum absolute atomic E-state index is 0.00580. The Hall–Kier alpha value is -4.32. The number of hydrogen-bond acceptors (Lipinski definition) is 9. The van der Waals surface area contributed by atoms with Gasteiger partial charge in [0.05, 0.1) is 16.4 Å². The van der Waals surface area contributed by atoms with Gasteiger partial charge in [-0.25, -0.2) is 28.4 Å². The fraction of sp³-hybridized carbons (Fsp3) is 0.172. The minimum Gasteiger partial charge on any atom is -0.436 e. The molecule has 208 valence electrons. The number of benzene rings is 3.